The maximum absolute atomic E-state index is 10.8. The fourth-order valence-electron chi connectivity index (χ4n) is 1.41. The second kappa shape index (κ2) is 2.13. The van der Waals surface area contributed by atoms with Crippen molar-refractivity contribution in [2.75, 3.05) is 0 Å². The van der Waals surface area contributed by atoms with E-state index >= 15 is 0 Å². The van der Waals surface area contributed by atoms with Gasteiger partial charge in [-0.3, -0.25) is 4.79 Å². The van der Waals surface area contributed by atoms with Crippen molar-refractivity contribution in [3.63, 3.8) is 0 Å². The highest BCUT2D eigenvalue weighted by molar-refractivity contribution is 5.89. The maximum Gasteiger partial charge on any atom is 0.231 e. The molecule has 1 amide bonds. The van der Waals surface area contributed by atoms with Crippen LogP contribution in [0, 0.1) is 5.92 Å². The third-order valence-corrected chi connectivity index (χ3v) is 2.22. The molecule has 1 saturated heterocycles. The number of azide groups is 1. The van der Waals surface area contributed by atoms with E-state index in [1.165, 1.54) is 0 Å². The molecule has 1 saturated carbocycles. The van der Waals surface area contributed by atoms with Crippen molar-refractivity contribution in [2.24, 2.45) is 11.0 Å². The third kappa shape index (κ3) is 0.935. The number of rotatable bonds is 2. The summed E-state index contributed by atoms with van der Waals surface area (Å²) in [5.41, 5.74) is 8.12. The first kappa shape index (κ1) is 6.49. The second-order valence-corrected chi connectivity index (χ2v) is 3.02. The average Bonchev–Trinajstić information content (AvgIpc) is 2.78. The number of carbonyl (C=O) groups excluding carboxylic acids is 1. The minimum absolute atomic E-state index is 0.125. The van der Waals surface area contributed by atoms with Gasteiger partial charge < -0.3 is 5.32 Å². The molecule has 0 aromatic rings. The molecule has 2 aliphatic rings. The van der Waals surface area contributed by atoms with E-state index in [1.54, 1.807) is 0 Å². The van der Waals surface area contributed by atoms with Crippen LogP contribution >= 0.6 is 0 Å². The molecule has 2 atom stereocenters. The van der Waals surface area contributed by atoms with Crippen LogP contribution in [0.1, 0.15) is 12.8 Å². The molecule has 0 spiro atoms. The molecule has 11 heavy (non-hydrogen) atoms. The van der Waals surface area contributed by atoms with Gasteiger partial charge in [-0.1, -0.05) is 5.11 Å². The molecule has 0 bridgehead atoms. The Morgan fingerprint density at radius 3 is 2.82 bits per heavy atom. The van der Waals surface area contributed by atoms with Gasteiger partial charge in [0.25, 0.3) is 0 Å². The van der Waals surface area contributed by atoms with Gasteiger partial charge in [-0.05, 0) is 24.3 Å². The standard InChI is InChI=1S/C6H8N4O/c7-10-9-5-4(3-1-2-3)8-6(5)11/h3-5H,1-2H2,(H,8,11). The molecule has 2 rings (SSSR count). The summed E-state index contributed by atoms with van der Waals surface area (Å²) in [6.07, 6.45) is 2.31. The first-order valence-corrected chi connectivity index (χ1v) is 3.67. The van der Waals surface area contributed by atoms with Gasteiger partial charge in [0.1, 0.15) is 6.04 Å². The van der Waals surface area contributed by atoms with Crippen molar-refractivity contribution in [1.82, 2.24) is 5.32 Å². The van der Waals surface area contributed by atoms with E-state index < -0.39 is 6.04 Å². The van der Waals surface area contributed by atoms with Gasteiger partial charge >= 0.3 is 0 Å². The number of amides is 1. The Hall–Kier alpha value is -1.22. The van der Waals surface area contributed by atoms with E-state index in [2.05, 4.69) is 15.3 Å². The van der Waals surface area contributed by atoms with E-state index in [9.17, 15) is 4.79 Å². The van der Waals surface area contributed by atoms with Crippen molar-refractivity contribution in [1.29, 1.82) is 0 Å². The summed E-state index contributed by atoms with van der Waals surface area (Å²) >= 11 is 0. The van der Waals surface area contributed by atoms with E-state index in [4.69, 9.17) is 5.53 Å². The highest BCUT2D eigenvalue weighted by Gasteiger charge is 2.47. The van der Waals surface area contributed by atoms with Crippen molar-refractivity contribution in [3.05, 3.63) is 10.4 Å². The summed E-state index contributed by atoms with van der Waals surface area (Å²) in [5.74, 6) is 0.447. The lowest BCUT2D eigenvalue weighted by Gasteiger charge is -2.33. The molecule has 0 radical (unpaired) electrons. The maximum atomic E-state index is 10.8. The molecule has 2 fully saturated rings. The van der Waals surface area contributed by atoms with Gasteiger partial charge in [-0.2, -0.15) is 0 Å². The summed E-state index contributed by atoms with van der Waals surface area (Å²) in [4.78, 5) is 13.4. The van der Waals surface area contributed by atoms with Crippen molar-refractivity contribution in [2.45, 2.75) is 24.9 Å². The zero-order valence-corrected chi connectivity index (χ0v) is 5.90. The van der Waals surface area contributed by atoms with Crippen LogP contribution in [-0.4, -0.2) is 18.0 Å². The molecule has 1 N–H and O–H groups in total. The Morgan fingerprint density at radius 1 is 1.64 bits per heavy atom. The molecule has 5 nitrogen and oxygen atoms in total. The van der Waals surface area contributed by atoms with E-state index in [1.807, 2.05) is 0 Å². The first-order valence-electron chi connectivity index (χ1n) is 3.67. The van der Waals surface area contributed by atoms with Crippen LogP contribution in [0.5, 0.6) is 0 Å². The smallest absolute Gasteiger partial charge is 0.231 e. The van der Waals surface area contributed by atoms with Gasteiger partial charge in [0.2, 0.25) is 5.91 Å². The molecule has 1 aliphatic heterocycles. The Labute approximate surface area is 63.4 Å². The quantitative estimate of drug-likeness (QED) is 0.267. The Kier molecular flexibility index (Phi) is 1.26. The molecular weight excluding hydrogens is 144 g/mol. The van der Waals surface area contributed by atoms with Crippen LogP contribution in [0.4, 0.5) is 0 Å². The van der Waals surface area contributed by atoms with Gasteiger partial charge in [0, 0.05) is 11.0 Å². The Bertz CT molecular complexity index is 239. The van der Waals surface area contributed by atoms with Crippen LogP contribution < -0.4 is 5.32 Å². The van der Waals surface area contributed by atoms with Gasteiger partial charge in [0.05, 0.1) is 0 Å². The van der Waals surface area contributed by atoms with Crippen molar-refractivity contribution < 1.29 is 4.79 Å². The van der Waals surface area contributed by atoms with Gasteiger partial charge in [0.15, 0.2) is 0 Å². The molecular formula is C6H8N4O. The van der Waals surface area contributed by atoms with Crippen molar-refractivity contribution in [3.8, 4) is 0 Å². The minimum atomic E-state index is -0.424. The molecule has 1 heterocycles. The van der Waals surface area contributed by atoms with Crippen LogP contribution in [0.2, 0.25) is 0 Å². The first-order chi connectivity index (χ1) is 5.33. The fraction of sp³-hybridized carbons (Fsp3) is 0.833. The zero-order valence-electron chi connectivity index (χ0n) is 5.90. The molecule has 58 valence electrons. The van der Waals surface area contributed by atoms with Crippen LogP contribution in [-0.2, 0) is 4.79 Å². The van der Waals surface area contributed by atoms with Crippen LogP contribution in [0.25, 0.3) is 10.4 Å². The lowest BCUT2D eigenvalue weighted by molar-refractivity contribution is -0.130. The predicted octanol–water partition coefficient (Wildman–Crippen LogP) is 0.574. The van der Waals surface area contributed by atoms with Gasteiger partial charge in [-0.25, -0.2) is 0 Å². The number of hydrogen-bond donors (Lipinski definition) is 1. The molecule has 5 heteroatoms. The highest BCUT2D eigenvalue weighted by atomic mass is 16.2. The summed E-state index contributed by atoms with van der Waals surface area (Å²) in [7, 11) is 0. The van der Waals surface area contributed by atoms with Crippen molar-refractivity contribution >= 4 is 5.91 Å². The predicted molar refractivity (Wildman–Crippen MR) is 37.6 cm³/mol. The summed E-state index contributed by atoms with van der Waals surface area (Å²) < 4.78 is 0. The summed E-state index contributed by atoms with van der Waals surface area (Å²) in [6, 6.07) is -0.286. The Balaban J connectivity index is 2.03. The zero-order chi connectivity index (χ0) is 7.84. The SMILES string of the molecule is [N-]=[N+]=NC1C(=O)NC1C1CC1. The van der Waals surface area contributed by atoms with Crippen LogP contribution in [0.15, 0.2) is 5.11 Å². The number of β-lactam (4-membered cyclic amide) rings is 1. The highest BCUT2D eigenvalue weighted by Crippen LogP contribution is 2.37. The summed E-state index contributed by atoms with van der Waals surface area (Å²) in [5, 5.41) is 6.16. The number of nitrogens with one attached hydrogen (secondary N) is 1. The Morgan fingerprint density at radius 2 is 2.36 bits per heavy atom. The molecule has 2 unspecified atom stereocenters. The fourth-order valence-corrected chi connectivity index (χ4v) is 1.41. The lowest BCUT2D eigenvalue weighted by atomic mass is 9.95. The third-order valence-electron chi connectivity index (χ3n) is 2.22. The van der Waals surface area contributed by atoms with E-state index in [0.29, 0.717) is 5.92 Å². The summed E-state index contributed by atoms with van der Waals surface area (Å²) in [6.45, 7) is 0. The van der Waals surface area contributed by atoms with Crippen LogP contribution in [0.3, 0.4) is 0 Å². The number of nitrogens with zero attached hydrogens (tertiary/aromatic N) is 3. The van der Waals surface area contributed by atoms with E-state index in [0.717, 1.165) is 12.8 Å². The van der Waals surface area contributed by atoms with E-state index in [-0.39, 0.29) is 11.9 Å². The minimum Gasteiger partial charge on any atom is -0.352 e. The second-order valence-electron chi connectivity index (χ2n) is 3.02. The number of hydrogen-bond acceptors (Lipinski definition) is 2. The molecule has 0 aromatic heterocycles. The lowest BCUT2D eigenvalue weighted by Crippen LogP contribution is -2.62. The van der Waals surface area contributed by atoms with Gasteiger partial charge in [-0.15, -0.1) is 0 Å². The largest absolute Gasteiger partial charge is 0.352 e. The number of carbonyl (C=O) groups is 1. The normalized spacial score (nSPS) is 35.1. The molecule has 0 aromatic carbocycles. The topological polar surface area (TPSA) is 77.9 Å². The molecule has 1 aliphatic carbocycles. The average molecular weight is 152 g/mol. The monoisotopic (exact) mass is 152 g/mol.